The molecule has 0 atom stereocenters. The molecule has 1 aliphatic rings. The lowest BCUT2D eigenvalue weighted by molar-refractivity contribution is -0.385. The lowest BCUT2D eigenvalue weighted by atomic mass is 10.1. The zero-order valence-corrected chi connectivity index (χ0v) is 16.9. The van der Waals surface area contributed by atoms with Crippen LogP contribution in [0.1, 0.15) is 21.5 Å². The third kappa shape index (κ3) is 4.01. The lowest BCUT2D eigenvalue weighted by Gasteiger charge is -2.09. The summed E-state index contributed by atoms with van der Waals surface area (Å²) in [7, 11) is -3.76. The monoisotopic (exact) mass is 437 g/mol. The van der Waals surface area contributed by atoms with E-state index in [4.69, 9.17) is 4.74 Å². The van der Waals surface area contributed by atoms with Crippen molar-refractivity contribution in [1.29, 1.82) is 0 Å². The number of carbonyl (C=O) groups is 1. The molecular weight excluding hydrogens is 422 g/mol. The fourth-order valence-electron chi connectivity index (χ4n) is 3.12. The van der Waals surface area contributed by atoms with Gasteiger partial charge in [0.15, 0.2) is 5.84 Å². The summed E-state index contributed by atoms with van der Waals surface area (Å²) in [4.78, 5) is 23.0. The molecule has 0 unspecified atom stereocenters. The Labute approximate surface area is 177 Å². The van der Waals surface area contributed by atoms with E-state index in [1.807, 2.05) is 0 Å². The Morgan fingerprint density at radius 2 is 1.84 bits per heavy atom. The van der Waals surface area contributed by atoms with Gasteiger partial charge in [-0.3, -0.25) is 10.1 Å². The number of fused-ring (bicyclic) bond motifs is 1. The summed E-state index contributed by atoms with van der Waals surface area (Å²) in [5.41, 5.74) is 1.34. The Hall–Kier alpha value is -4.05. The second-order valence-corrected chi connectivity index (χ2v) is 8.28. The third-order valence-electron chi connectivity index (χ3n) is 4.57. The normalized spacial score (nSPS) is 13.8. The largest absolute Gasteiger partial charge is 0.423 e. The molecule has 31 heavy (non-hydrogen) atoms. The van der Waals surface area contributed by atoms with Crippen LogP contribution in [0, 0.1) is 17.0 Å². The molecule has 0 fully saturated rings. The van der Waals surface area contributed by atoms with Crippen molar-refractivity contribution in [3.63, 3.8) is 0 Å². The van der Waals surface area contributed by atoms with Crippen molar-refractivity contribution < 1.29 is 22.9 Å². The van der Waals surface area contributed by atoms with Crippen LogP contribution in [-0.2, 0) is 10.0 Å². The summed E-state index contributed by atoms with van der Waals surface area (Å²) >= 11 is 0. The number of rotatable bonds is 4. The number of nitro groups is 1. The van der Waals surface area contributed by atoms with Gasteiger partial charge in [0.25, 0.3) is 15.7 Å². The number of ether oxygens (including phenoxy) is 1. The molecule has 0 spiro atoms. The second kappa shape index (κ2) is 7.65. The molecular formula is C21H15N3O6S. The number of amidine groups is 1. The molecule has 1 N–H and O–H groups in total. The number of anilines is 1. The first-order valence-corrected chi connectivity index (χ1v) is 10.5. The van der Waals surface area contributed by atoms with Crippen LogP contribution in [-0.4, -0.2) is 25.1 Å². The van der Waals surface area contributed by atoms with Gasteiger partial charge >= 0.3 is 5.97 Å². The van der Waals surface area contributed by atoms with Crippen molar-refractivity contribution in [2.75, 3.05) is 5.32 Å². The number of benzene rings is 3. The number of aryl methyl sites for hydroxylation is 1. The predicted molar refractivity (Wildman–Crippen MR) is 113 cm³/mol. The van der Waals surface area contributed by atoms with E-state index >= 15 is 0 Å². The molecule has 0 aliphatic carbocycles. The third-order valence-corrected chi connectivity index (χ3v) is 5.90. The molecule has 0 saturated carbocycles. The first-order valence-electron chi connectivity index (χ1n) is 9.03. The minimum Gasteiger partial charge on any atom is -0.423 e. The molecule has 3 aromatic rings. The van der Waals surface area contributed by atoms with Gasteiger partial charge in [0, 0.05) is 28.9 Å². The van der Waals surface area contributed by atoms with E-state index in [0.717, 1.165) is 0 Å². The van der Waals surface area contributed by atoms with Gasteiger partial charge in [0.05, 0.1) is 10.5 Å². The van der Waals surface area contributed by atoms with Crippen LogP contribution >= 0.6 is 0 Å². The van der Waals surface area contributed by atoms with Crippen LogP contribution in [0.2, 0.25) is 0 Å². The molecule has 1 aliphatic heterocycles. The molecule has 0 saturated heterocycles. The lowest BCUT2D eigenvalue weighted by Crippen LogP contribution is -2.12. The Bertz CT molecular complexity index is 1370. The van der Waals surface area contributed by atoms with Crippen molar-refractivity contribution in [3.8, 4) is 5.75 Å². The van der Waals surface area contributed by atoms with Crippen LogP contribution < -0.4 is 10.1 Å². The average molecular weight is 437 g/mol. The van der Waals surface area contributed by atoms with Gasteiger partial charge in [-0.25, -0.2) is 4.79 Å². The van der Waals surface area contributed by atoms with E-state index in [0.29, 0.717) is 16.8 Å². The Kier molecular flexibility index (Phi) is 4.99. The quantitative estimate of drug-likeness (QED) is 0.285. The number of hydrogen-bond acceptors (Lipinski definition) is 7. The summed E-state index contributed by atoms with van der Waals surface area (Å²) < 4.78 is 33.5. The van der Waals surface area contributed by atoms with Crippen molar-refractivity contribution >= 4 is 33.2 Å². The molecule has 3 aromatic carbocycles. The highest BCUT2D eigenvalue weighted by atomic mass is 32.2. The van der Waals surface area contributed by atoms with Crippen LogP contribution in [0.5, 0.6) is 5.75 Å². The topological polar surface area (TPSA) is 128 Å². The minimum absolute atomic E-state index is 0.0877. The van der Waals surface area contributed by atoms with Crippen molar-refractivity contribution in [2.45, 2.75) is 11.8 Å². The molecule has 1 heterocycles. The van der Waals surface area contributed by atoms with Gasteiger partial charge < -0.3 is 10.1 Å². The first kappa shape index (κ1) is 20.2. The summed E-state index contributed by atoms with van der Waals surface area (Å²) in [5.74, 6) is -0.299. The standard InChI is InChI=1S/C21H15N3O6S/c1-13-11-14(9-10-18(13)24(26)27)21(25)30-16-6-4-5-15(12-16)22-20-17-7-2-3-8-19(17)31(28,29)23-20/h2-12H,1H3,(H,22,23). The predicted octanol–water partition coefficient (Wildman–Crippen LogP) is 3.68. The summed E-state index contributed by atoms with van der Waals surface area (Å²) in [6.07, 6.45) is 0. The molecule has 0 bridgehead atoms. The molecule has 0 aromatic heterocycles. The molecule has 10 heteroatoms. The van der Waals surface area contributed by atoms with Crippen molar-refractivity contribution in [1.82, 2.24) is 0 Å². The zero-order valence-electron chi connectivity index (χ0n) is 16.1. The van der Waals surface area contributed by atoms with Crippen LogP contribution in [0.15, 0.2) is 76.0 Å². The number of nitrogens with zero attached hydrogens (tertiary/aromatic N) is 2. The van der Waals surface area contributed by atoms with Gasteiger partial charge in [-0.15, -0.1) is 4.40 Å². The minimum atomic E-state index is -3.76. The van der Waals surface area contributed by atoms with E-state index in [2.05, 4.69) is 9.71 Å². The van der Waals surface area contributed by atoms with E-state index in [-0.39, 0.29) is 27.7 Å². The van der Waals surface area contributed by atoms with Gasteiger partial charge in [-0.1, -0.05) is 18.2 Å². The maximum absolute atomic E-state index is 12.4. The summed E-state index contributed by atoms with van der Waals surface area (Å²) in [5, 5.41) is 13.9. The maximum Gasteiger partial charge on any atom is 0.343 e. The molecule has 9 nitrogen and oxygen atoms in total. The number of esters is 1. The van der Waals surface area contributed by atoms with Crippen LogP contribution in [0.4, 0.5) is 11.4 Å². The average Bonchev–Trinajstić information content (AvgIpc) is 2.98. The summed E-state index contributed by atoms with van der Waals surface area (Å²) in [6.45, 7) is 1.54. The highest BCUT2D eigenvalue weighted by molar-refractivity contribution is 7.90. The number of hydrogen-bond donors (Lipinski definition) is 1. The van der Waals surface area contributed by atoms with Gasteiger partial charge in [0.2, 0.25) is 0 Å². The number of carbonyl (C=O) groups excluding carboxylic acids is 1. The molecule has 0 amide bonds. The van der Waals surface area contributed by atoms with Crippen LogP contribution in [0.3, 0.4) is 0 Å². The highest BCUT2D eigenvalue weighted by Crippen LogP contribution is 2.28. The SMILES string of the molecule is Cc1cc(C(=O)Oc2cccc(NC3=NS(=O)(=O)c4ccccc43)c2)ccc1[N+](=O)[O-]. The van der Waals surface area contributed by atoms with Gasteiger partial charge in [-0.05, 0) is 43.3 Å². The van der Waals surface area contributed by atoms with E-state index in [1.54, 1.807) is 36.4 Å². The summed E-state index contributed by atoms with van der Waals surface area (Å²) in [6, 6.07) is 16.8. The first-order chi connectivity index (χ1) is 14.7. The maximum atomic E-state index is 12.4. The molecule has 0 radical (unpaired) electrons. The Morgan fingerprint density at radius 3 is 2.58 bits per heavy atom. The highest BCUT2D eigenvalue weighted by Gasteiger charge is 2.28. The fraction of sp³-hybridized carbons (Fsp3) is 0.0476. The van der Waals surface area contributed by atoms with E-state index < -0.39 is 20.9 Å². The molecule has 156 valence electrons. The Balaban J connectivity index is 1.54. The molecule has 4 rings (SSSR count). The second-order valence-electron chi connectivity index (χ2n) is 6.71. The van der Waals surface area contributed by atoms with E-state index in [9.17, 15) is 23.3 Å². The number of nitro benzene ring substituents is 1. The van der Waals surface area contributed by atoms with Crippen molar-refractivity contribution in [2.24, 2.45) is 4.40 Å². The number of nitrogens with one attached hydrogen (secondary N) is 1. The van der Waals surface area contributed by atoms with Crippen molar-refractivity contribution in [3.05, 3.63) is 93.5 Å². The van der Waals surface area contributed by atoms with Gasteiger partial charge in [0.1, 0.15) is 10.6 Å². The Morgan fingerprint density at radius 1 is 1.06 bits per heavy atom. The van der Waals surface area contributed by atoms with E-state index in [1.165, 1.54) is 37.3 Å². The van der Waals surface area contributed by atoms with Gasteiger partial charge in [-0.2, -0.15) is 8.42 Å². The zero-order chi connectivity index (χ0) is 22.2. The smallest absolute Gasteiger partial charge is 0.343 e. The fourth-order valence-corrected chi connectivity index (χ4v) is 4.30. The van der Waals surface area contributed by atoms with Crippen LogP contribution in [0.25, 0.3) is 0 Å². The number of sulfonamides is 1.